The second-order valence-electron chi connectivity index (χ2n) is 19.9. The molecule has 0 aliphatic carbocycles. The van der Waals surface area contributed by atoms with Gasteiger partial charge in [-0.25, -0.2) is 0 Å². The Morgan fingerprint density at radius 2 is 0.661 bits per heavy atom. The smallest absolute Gasteiger partial charge is 0.147 e. The monoisotopic (exact) mass is 902 g/mol. The Kier molecular flexibility index (Phi) is 13.1. The molecular formula is C52H58N2O4S4. The van der Waals surface area contributed by atoms with Gasteiger partial charge >= 0.3 is 0 Å². The number of hydrogen-bond donors (Lipinski definition) is 2. The number of phenolic OH excluding ortho intramolecular Hbond substituents is 2. The van der Waals surface area contributed by atoms with Gasteiger partial charge in [-0.05, 0) is 117 Å². The zero-order valence-electron chi connectivity index (χ0n) is 37.9. The number of aromatic nitrogens is 2. The molecule has 0 fully saturated rings. The summed E-state index contributed by atoms with van der Waals surface area (Å²) in [5, 5.41) is 25.1. The van der Waals surface area contributed by atoms with Crippen LogP contribution < -0.4 is 9.47 Å². The highest BCUT2D eigenvalue weighted by molar-refractivity contribution is 8.01. The summed E-state index contributed by atoms with van der Waals surface area (Å²) in [7, 11) is 0. The maximum Gasteiger partial charge on any atom is 0.147 e. The van der Waals surface area contributed by atoms with Crippen LogP contribution in [0.1, 0.15) is 117 Å². The number of fused-ring (bicyclic) bond motifs is 8. The molecule has 3 heterocycles. The van der Waals surface area contributed by atoms with Crippen molar-refractivity contribution in [3.8, 4) is 23.0 Å². The number of benzene rings is 4. The van der Waals surface area contributed by atoms with Gasteiger partial charge in [0.1, 0.15) is 36.2 Å². The molecule has 62 heavy (non-hydrogen) atoms. The fourth-order valence-corrected chi connectivity index (χ4v) is 11.2. The molecule has 0 atom stereocenters. The first kappa shape index (κ1) is 45.8. The van der Waals surface area contributed by atoms with Crippen LogP contribution in [0, 0.1) is 0 Å². The topological polar surface area (TPSA) is 84.7 Å². The molecule has 0 amide bonds. The van der Waals surface area contributed by atoms with Gasteiger partial charge in [0.2, 0.25) is 0 Å². The van der Waals surface area contributed by atoms with Crippen LogP contribution >= 0.6 is 47.0 Å². The Morgan fingerprint density at radius 1 is 0.403 bits per heavy atom. The highest BCUT2D eigenvalue weighted by Gasteiger charge is 2.30. The van der Waals surface area contributed by atoms with E-state index in [4.69, 9.17) is 9.47 Å². The van der Waals surface area contributed by atoms with Crippen molar-refractivity contribution < 1.29 is 19.7 Å². The van der Waals surface area contributed by atoms with E-state index in [1.807, 2.05) is 36.4 Å². The summed E-state index contributed by atoms with van der Waals surface area (Å²) in [6.45, 7) is 26.9. The normalized spacial score (nSPS) is 13.5. The summed E-state index contributed by atoms with van der Waals surface area (Å²) in [6, 6.07) is 28.9. The molecule has 4 aromatic carbocycles. The van der Waals surface area contributed by atoms with Crippen molar-refractivity contribution in [2.75, 3.05) is 0 Å². The summed E-state index contributed by atoms with van der Waals surface area (Å²) in [5.74, 6) is 1.71. The Balaban J connectivity index is 1.55. The van der Waals surface area contributed by atoms with E-state index in [0.29, 0.717) is 31.1 Å². The van der Waals surface area contributed by atoms with Crippen molar-refractivity contribution in [2.45, 2.75) is 157 Å². The van der Waals surface area contributed by atoms with Gasteiger partial charge in [-0.15, -0.1) is 0 Å². The Labute approximate surface area is 385 Å². The molecule has 2 aromatic heterocycles. The van der Waals surface area contributed by atoms with Crippen LogP contribution in [0.25, 0.3) is 0 Å². The van der Waals surface area contributed by atoms with Crippen molar-refractivity contribution in [3.63, 3.8) is 0 Å². The number of rotatable bonds is 6. The minimum Gasteiger partial charge on any atom is -0.506 e. The zero-order valence-corrected chi connectivity index (χ0v) is 41.2. The maximum atomic E-state index is 12.5. The molecular weight excluding hydrogens is 845 g/mol. The fraction of sp³-hybridized carbons (Fsp3) is 0.346. The molecule has 8 bridgehead atoms. The number of phenols is 2. The fourth-order valence-electron chi connectivity index (χ4n) is 6.68. The van der Waals surface area contributed by atoms with Gasteiger partial charge in [-0.2, -0.15) is 0 Å². The summed E-state index contributed by atoms with van der Waals surface area (Å²) in [4.78, 5) is 15.5. The average Bonchev–Trinajstić information content (AvgIpc) is 3.18. The molecule has 1 aliphatic heterocycles. The van der Waals surface area contributed by atoms with Crippen LogP contribution in [-0.4, -0.2) is 20.2 Å². The Morgan fingerprint density at radius 3 is 0.887 bits per heavy atom. The lowest BCUT2D eigenvalue weighted by molar-refractivity contribution is 0.286. The number of nitrogens with zero attached hydrogens (tertiary/aromatic N) is 2. The van der Waals surface area contributed by atoms with Crippen molar-refractivity contribution in [1.82, 2.24) is 9.97 Å². The minimum atomic E-state index is -0.233. The Hall–Kier alpha value is -4.22. The molecule has 0 saturated heterocycles. The van der Waals surface area contributed by atoms with Gasteiger partial charge < -0.3 is 19.7 Å². The molecule has 0 radical (unpaired) electrons. The van der Waals surface area contributed by atoms with Crippen molar-refractivity contribution in [1.29, 1.82) is 0 Å². The Bertz CT molecular complexity index is 2310. The number of ether oxygens (including phenoxy) is 2. The molecule has 1 aliphatic rings. The lowest BCUT2D eigenvalue weighted by Gasteiger charge is -2.27. The first-order chi connectivity index (χ1) is 29.0. The van der Waals surface area contributed by atoms with E-state index in [1.54, 1.807) is 12.4 Å². The molecule has 0 saturated carbocycles. The molecule has 10 heteroatoms. The predicted molar refractivity (Wildman–Crippen MR) is 258 cm³/mol. The maximum absolute atomic E-state index is 12.5. The van der Waals surface area contributed by atoms with Crippen LogP contribution in [0.4, 0.5) is 0 Å². The zero-order chi connectivity index (χ0) is 44.8. The third-order valence-corrected chi connectivity index (χ3v) is 14.9. The van der Waals surface area contributed by atoms with Crippen LogP contribution in [0.15, 0.2) is 136 Å². The first-order valence-electron chi connectivity index (χ1n) is 20.9. The summed E-state index contributed by atoms with van der Waals surface area (Å²) in [5.41, 5.74) is 5.07. The largest absolute Gasteiger partial charge is 0.506 e. The van der Waals surface area contributed by atoms with Crippen LogP contribution in [0.5, 0.6) is 23.0 Å². The van der Waals surface area contributed by atoms with E-state index in [9.17, 15) is 10.2 Å². The van der Waals surface area contributed by atoms with E-state index in [-0.39, 0.29) is 46.4 Å². The van der Waals surface area contributed by atoms with E-state index < -0.39 is 0 Å². The summed E-state index contributed by atoms with van der Waals surface area (Å²) >= 11 is 6.01. The second kappa shape index (κ2) is 17.7. The molecule has 6 nitrogen and oxygen atoms in total. The molecule has 0 unspecified atom stereocenters. The molecule has 6 aromatic rings. The van der Waals surface area contributed by atoms with Crippen LogP contribution in [0.3, 0.4) is 0 Å². The van der Waals surface area contributed by atoms with Crippen LogP contribution in [-0.2, 0) is 34.9 Å². The van der Waals surface area contributed by atoms with Crippen molar-refractivity contribution in [2.24, 2.45) is 0 Å². The SMILES string of the molecule is CC(C)(C)c1cc2c(O)c(c1)Sc1cc(C(C)(C)C)cc(c1OCc1ccccn1)Sc1cc(C(C)(C)C)cc(c1O)Sc1cc(C(C)(C)C)cc(c1OCc1ccccn1)S2. The van der Waals surface area contributed by atoms with Crippen LogP contribution in [0.2, 0.25) is 0 Å². The van der Waals surface area contributed by atoms with E-state index >= 15 is 0 Å². The highest BCUT2D eigenvalue weighted by atomic mass is 32.2. The predicted octanol–water partition coefficient (Wildman–Crippen LogP) is 15.2. The third-order valence-electron chi connectivity index (χ3n) is 10.6. The molecule has 324 valence electrons. The average molecular weight is 903 g/mol. The van der Waals surface area contributed by atoms with Gasteiger partial charge in [-0.3, -0.25) is 9.97 Å². The molecule has 7 rings (SSSR count). The second-order valence-corrected chi connectivity index (χ2v) is 24.2. The van der Waals surface area contributed by atoms with Gasteiger partial charge in [0.15, 0.2) is 0 Å². The van der Waals surface area contributed by atoms with Gasteiger partial charge in [0.05, 0.1) is 50.6 Å². The van der Waals surface area contributed by atoms with Crippen molar-refractivity contribution in [3.05, 3.63) is 131 Å². The number of hydrogen-bond acceptors (Lipinski definition) is 10. The first-order valence-corrected chi connectivity index (χ1v) is 24.2. The van der Waals surface area contributed by atoms with E-state index in [1.165, 1.54) is 47.0 Å². The highest BCUT2D eigenvalue weighted by Crippen LogP contribution is 2.56. The van der Waals surface area contributed by atoms with Gasteiger partial charge in [-0.1, -0.05) is 142 Å². The third kappa shape index (κ3) is 10.6. The minimum absolute atomic E-state index is 0.190. The van der Waals surface area contributed by atoms with E-state index in [0.717, 1.165) is 53.2 Å². The molecule has 2 N–H and O–H groups in total. The summed E-state index contributed by atoms with van der Waals surface area (Å²) in [6.07, 6.45) is 3.55. The van der Waals surface area contributed by atoms with Crippen molar-refractivity contribution >= 4 is 47.0 Å². The quantitative estimate of drug-likeness (QED) is 0.168. The standard InChI is InChI=1S/C52H58N2O4S4/c1-49(2,3)31-21-37-45(55)38(22-31)60-42-26-34(52(10,11)12)28-44(48(42)58-30-36-18-14-16-20-54-36)62-40-24-32(50(4,5)6)23-39(46(40)56)61-43-27-33(51(7,8)9)25-41(59-37)47(43)57-29-35-17-13-15-19-53-35/h13-28,55-56H,29-30H2,1-12H3. The lowest BCUT2D eigenvalue weighted by atomic mass is 9.87. The van der Waals surface area contributed by atoms with Gasteiger partial charge in [0.25, 0.3) is 0 Å². The summed E-state index contributed by atoms with van der Waals surface area (Å²) < 4.78 is 13.7. The lowest BCUT2D eigenvalue weighted by Crippen LogP contribution is -2.13. The molecule has 0 spiro atoms. The van der Waals surface area contributed by atoms with Gasteiger partial charge in [0, 0.05) is 12.4 Å². The number of aromatic hydroxyl groups is 2. The number of pyridine rings is 2. The van der Waals surface area contributed by atoms with E-state index in [2.05, 4.69) is 142 Å².